The molecule has 29 heavy (non-hydrogen) atoms. The lowest BCUT2D eigenvalue weighted by Crippen LogP contribution is -2.45. The molecule has 3 heterocycles. The molecule has 2 aromatic rings. The molecular weight excluding hydrogens is 368 g/mol. The molecule has 4 rings (SSSR count). The minimum atomic E-state index is -0.0178. The van der Waals surface area contributed by atoms with Gasteiger partial charge in [0.1, 0.15) is 24.0 Å². The van der Waals surface area contributed by atoms with Crippen molar-refractivity contribution in [3.05, 3.63) is 47.4 Å². The number of nitrogens with zero attached hydrogens (tertiary/aromatic N) is 4. The Morgan fingerprint density at radius 3 is 2.72 bits per heavy atom. The van der Waals surface area contributed by atoms with Crippen LogP contribution in [-0.2, 0) is 16.0 Å². The fourth-order valence-corrected chi connectivity index (χ4v) is 3.97. The van der Waals surface area contributed by atoms with E-state index in [9.17, 15) is 0 Å². The van der Waals surface area contributed by atoms with Gasteiger partial charge in [-0.1, -0.05) is 6.07 Å². The largest absolute Gasteiger partial charge is 0.488 e. The molecule has 1 fully saturated rings. The van der Waals surface area contributed by atoms with E-state index < -0.39 is 0 Å². The lowest BCUT2D eigenvalue weighted by atomic mass is 10.0. The normalized spacial score (nSPS) is 22.2. The van der Waals surface area contributed by atoms with Gasteiger partial charge in [0.05, 0.1) is 36.8 Å². The Balaban J connectivity index is 1.58. The van der Waals surface area contributed by atoms with Crippen molar-refractivity contribution in [3.63, 3.8) is 0 Å². The number of aromatic nitrogens is 2. The van der Waals surface area contributed by atoms with Crippen LogP contribution in [0.2, 0.25) is 0 Å². The van der Waals surface area contributed by atoms with E-state index in [-0.39, 0.29) is 18.3 Å². The van der Waals surface area contributed by atoms with E-state index in [2.05, 4.69) is 34.8 Å². The zero-order valence-electron chi connectivity index (χ0n) is 17.5. The van der Waals surface area contributed by atoms with Crippen LogP contribution < -0.4 is 9.64 Å². The number of hydrogen-bond acceptors (Lipinski definition) is 7. The van der Waals surface area contributed by atoms with Crippen molar-refractivity contribution in [2.24, 2.45) is 4.99 Å². The van der Waals surface area contributed by atoms with Gasteiger partial charge >= 0.3 is 0 Å². The first-order valence-electron chi connectivity index (χ1n) is 10.1. The lowest BCUT2D eigenvalue weighted by molar-refractivity contribution is -0.00546. The first kappa shape index (κ1) is 19.8. The molecule has 2 aliphatic heterocycles. The van der Waals surface area contributed by atoms with Crippen LogP contribution in [0, 0.1) is 0 Å². The smallest absolute Gasteiger partial charge is 0.132 e. The highest BCUT2D eigenvalue weighted by molar-refractivity contribution is 6.14. The Bertz CT molecular complexity index is 891. The Labute approximate surface area is 171 Å². The van der Waals surface area contributed by atoms with E-state index in [1.807, 2.05) is 25.1 Å². The number of anilines is 1. The van der Waals surface area contributed by atoms with Crippen LogP contribution >= 0.6 is 0 Å². The van der Waals surface area contributed by atoms with Crippen LogP contribution in [0.1, 0.15) is 37.6 Å². The van der Waals surface area contributed by atoms with Gasteiger partial charge in [0.2, 0.25) is 0 Å². The van der Waals surface area contributed by atoms with E-state index in [4.69, 9.17) is 19.2 Å². The van der Waals surface area contributed by atoms with Crippen molar-refractivity contribution in [2.45, 2.75) is 45.6 Å². The van der Waals surface area contributed by atoms with Crippen LogP contribution in [-0.4, -0.2) is 60.8 Å². The van der Waals surface area contributed by atoms with E-state index in [0.717, 1.165) is 41.6 Å². The van der Waals surface area contributed by atoms with Crippen molar-refractivity contribution >= 4 is 11.5 Å². The van der Waals surface area contributed by atoms with Gasteiger partial charge in [-0.15, -0.1) is 0 Å². The van der Waals surface area contributed by atoms with Crippen molar-refractivity contribution in [1.29, 1.82) is 0 Å². The highest BCUT2D eigenvalue weighted by Gasteiger charge is 2.25. The summed E-state index contributed by atoms with van der Waals surface area (Å²) in [5, 5.41) is 0. The van der Waals surface area contributed by atoms with Crippen molar-refractivity contribution in [3.8, 4) is 5.75 Å². The van der Waals surface area contributed by atoms with Gasteiger partial charge in [-0.2, -0.15) is 0 Å². The van der Waals surface area contributed by atoms with E-state index in [0.29, 0.717) is 13.2 Å². The molecule has 0 N–H and O–H groups in total. The van der Waals surface area contributed by atoms with Crippen molar-refractivity contribution in [1.82, 2.24) is 9.97 Å². The van der Waals surface area contributed by atoms with Crippen molar-refractivity contribution in [2.75, 3.05) is 31.7 Å². The lowest BCUT2D eigenvalue weighted by Gasteiger charge is -2.36. The number of methoxy groups -OCH3 is 1. The Morgan fingerprint density at radius 2 is 1.97 bits per heavy atom. The van der Waals surface area contributed by atoms with Gasteiger partial charge < -0.3 is 19.1 Å². The molecule has 7 nitrogen and oxygen atoms in total. The van der Waals surface area contributed by atoms with Gasteiger partial charge in [-0.3, -0.25) is 4.99 Å². The predicted molar refractivity (Wildman–Crippen MR) is 112 cm³/mol. The minimum Gasteiger partial charge on any atom is -0.488 e. The fraction of sp³-hybridized carbons (Fsp3) is 0.500. The number of rotatable bonds is 6. The van der Waals surface area contributed by atoms with E-state index in [1.54, 1.807) is 13.4 Å². The number of morpholine rings is 1. The number of aliphatic imine (C=N–C) groups is 1. The summed E-state index contributed by atoms with van der Waals surface area (Å²) in [4.78, 5) is 16.0. The number of ether oxygens (including phenoxy) is 3. The van der Waals surface area contributed by atoms with Crippen molar-refractivity contribution < 1.29 is 14.2 Å². The monoisotopic (exact) mass is 396 g/mol. The molecule has 0 saturated carbocycles. The zero-order chi connectivity index (χ0) is 20.4. The third-order valence-corrected chi connectivity index (χ3v) is 5.12. The zero-order valence-corrected chi connectivity index (χ0v) is 17.5. The summed E-state index contributed by atoms with van der Waals surface area (Å²) in [6, 6.07) is 8.15. The summed E-state index contributed by atoms with van der Waals surface area (Å²) in [6.45, 7) is 9.01. The third-order valence-electron chi connectivity index (χ3n) is 5.12. The molecule has 0 radical (unpaired) electrons. The van der Waals surface area contributed by atoms with Gasteiger partial charge in [0.15, 0.2) is 0 Å². The molecule has 3 atom stereocenters. The molecule has 1 aromatic carbocycles. The molecule has 0 aliphatic carbocycles. The second-order valence-corrected chi connectivity index (χ2v) is 7.79. The Morgan fingerprint density at radius 1 is 1.17 bits per heavy atom. The van der Waals surface area contributed by atoms with Gasteiger partial charge in [0, 0.05) is 31.8 Å². The maximum Gasteiger partial charge on any atom is 0.132 e. The number of benzene rings is 1. The maximum absolute atomic E-state index is 5.97. The highest BCUT2D eigenvalue weighted by atomic mass is 16.5. The van der Waals surface area contributed by atoms with Crippen LogP contribution in [0.5, 0.6) is 5.75 Å². The molecule has 0 bridgehead atoms. The molecule has 1 aromatic heterocycles. The molecule has 0 spiro atoms. The average Bonchev–Trinajstić information content (AvgIpc) is 3.11. The standard InChI is InChI=1S/C22H28N4O3/c1-14-10-26(11-15(2)28-14)21-8-20(24-13-25-21)22-19-7-18(29-16(3)12-27-4)6-5-17(19)9-23-22/h5-8,13-16H,9-12H2,1-4H3/t14-,15+,16-/m1/s1. The van der Waals surface area contributed by atoms with Crippen LogP contribution in [0.15, 0.2) is 35.6 Å². The summed E-state index contributed by atoms with van der Waals surface area (Å²) < 4.78 is 17.0. The van der Waals surface area contributed by atoms with Gasteiger partial charge in [-0.25, -0.2) is 9.97 Å². The first-order valence-corrected chi connectivity index (χ1v) is 10.1. The molecule has 0 amide bonds. The topological polar surface area (TPSA) is 69.1 Å². The molecule has 1 saturated heterocycles. The minimum absolute atomic E-state index is 0.0178. The second kappa shape index (κ2) is 8.47. The maximum atomic E-state index is 5.97. The molecule has 7 heteroatoms. The predicted octanol–water partition coefficient (Wildman–Crippen LogP) is 2.85. The molecule has 2 aliphatic rings. The van der Waals surface area contributed by atoms with Crippen LogP contribution in [0.3, 0.4) is 0 Å². The Kier molecular flexibility index (Phi) is 5.78. The summed E-state index contributed by atoms with van der Waals surface area (Å²) in [7, 11) is 1.68. The first-order chi connectivity index (χ1) is 14.0. The number of hydrogen-bond donors (Lipinski definition) is 0. The highest BCUT2D eigenvalue weighted by Crippen LogP contribution is 2.28. The molecule has 154 valence electrons. The average molecular weight is 396 g/mol. The van der Waals surface area contributed by atoms with Crippen LogP contribution in [0.4, 0.5) is 5.82 Å². The van der Waals surface area contributed by atoms with Crippen LogP contribution in [0.25, 0.3) is 0 Å². The quantitative estimate of drug-likeness (QED) is 0.748. The SMILES string of the molecule is COC[C@@H](C)Oc1ccc2c(c1)C(c1cc(N3C[C@@H](C)O[C@@H](C)C3)ncn1)=NC2. The number of fused-ring (bicyclic) bond motifs is 1. The molecule has 0 unspecified atom stereocenters. The summed E-state index contributed by atoms with van der Waals surface area (Å²) in [5.41, 5.74) is 3.98. The van der Waals surface area contributed by atoms with Gasteiger partial charge in [0.25, 0.3) is 0 Å². The Hall–Kier alpha value is -2.51. The summed E-state index contributed by atoms with van der Waals surface area (Å²) in [6.07, 6.45) is 1.96. The third kappa shape index (κ3) is 4.41. The van der Waals surface area contributed by atoms with E-state index >= 15 is 0 Å². The van der Waals surface area contributed by atoms with Gasteiger partial charge in [-0.05, 0) is 38.5 Å². The fourth-order valence-electron chi connectivity index (χ4n) is 3.97. The van der Waals surface area contributed by atoms with E-state index in [1.165, 1.54) is 5.56 Å². The summed E-state index contributed by atoms with van der Waals surface area (Å²) in [5.74, 6) is 1.72. The summed E-state index contributed by atoms with van der Waals surface area (Å²) >= 11 is 0. The molecular formula is C22H28N4O3. The second-order valence-electron chi connectivity index (χ2n) is 7.79.